The zero-order valence-corrected chi connectivity index (χ0v) is 12.5. The predicted molar refractivity (Wildman–Crippen MR) is 82.3 cm³/mol. The number of hydrogen-bond donors (Lipinski definition) is 0. The molecule has 5 heteroatoms. The number of nitrogens with zero attached hydrogens (tertiary/aromatic N) is 1. The molecule has 118 valence electrons. The molecule has 3 rings (SSSR count). The molecule has 2 aromatic carbocycles. The Kier molecular flexibility index (Phi) is 4.62. The number of para-hydroxylation sites is 1. The van der Waals surface area contributed by atoms with Crippen LogP contribution in [0.3, 0.4) is 0 Å². The Morgan fingerprint density at radius 3 is 2.70 bits per heavy atom. The Morgan fingerprint density at radius 1 is 1.13 bits per heavy atom. The van der Waals surface area contributed by atoms with Gasteiger partial charge in [-0.25, -0.2) is 4.39 Å². The van der Waals surface area contributed by atoms with Gasteiger partial charge in [-0.1, -0.05) is 18.2 Å². The average Bonchev–Trinajstić information content (AvgIpc) is 2.60. The monoisotopic (exact) mass is 313 g/mol. The van der Waals surface area contributed by atoms with E-state index in [1.807, 2.05) is 18.2 Å². The summed E-state index contributed by atoms with van der Waals surface area (Å²) in [5.74, 6) is 0.799. The maximum absolute atomic E-state index is 13.5. The van der Waals surface area contributed by atoms with Crippen LogP contribution in [0.25, 0.3) is 0 Å². The Labute approximate surface area is 134 Å². The predicted octanol–water partition coefficient (Wildman–Crippen LogP) is 3.67. The SMILES string of the molecule is N#CC(CCOc1ccccc1F)c1ccc2c(c1)OCCO2. The van der Waals surface area contributed by atoms with Crippen LogP contribution in [0, 0.1) is 17.1 Å². The van der Waals surface area contributed by atoms with E-state index in [9.17, 15) is 9.65 Å². The number of nitriles is 1. The minimum atomic E-state index is -0.402. The highest BCUT2D eigenvalue weighted by atomic mass is 19.1. The Balaban J connectivity index is 1.64. The van der Waals surface area contributed by atoms with Gasteiger partial charge in [-0.05, 0) is 29.8 Å². The fourth-order valence-corrected chi connectivity index (χ4v) is 2.43. The number of halogens is 1. The van der Waals surface area contributed by atoms with E-state index in [4.69, 9.17) is 14.2 Å². The highest BCUT2D eigenvalue weighted by molar-refractivity contribution is 5.45. The van der Waals surface area contributed by atoms with Gasteiger partial charge in [0, 0.05) is 6.42 Å². The second-order valence-electron chi connectivity index (χ2n) is 5.15. The van der Waals surface area contributed by atoms with Crippen LogP contribution in [-0.4, -0.2) is 19.8 Å². The van der Waals surface area contributed by atoms with Crippen molar-refractivity contribution >= 4 is 0 Å². The van der Waals surface area contributed by atoms with Gasteiger partial charge in [0.15, 0.2) is 23.1 Å². The van der Waals surface area contributed by atoms with Gasteiger partial charge in [0.2, 0.25) is 0 Å². The molecule has 1 heterocycles. The molecule has 1 atom stereocenters. The third-order valence-electron chi connectivity index (χ3n) is 3.63. The fourth-order valence-electron chi connectivity index (χ4n) is 2.43. The van der Waals surface area contributed by atoms with Crippen molar-refractivity contribution < 1.29 is 18.6 Å². The maximum Gasteiger partial charge on any atom is 0.165 e. The molecular formula is C18H16FNO3. The molecule has 1 unspecified atom stereocenters. The van der Waals surface area contributed by atoms with Crippen LogP contribution in [0.5, 0.6) is 17.2 Å². The van der Waals surface area contributed by atoms with Crippen molar-refractivity contribution in [3.8, 4) is 23.3 Å². The molecule has 23 heavy (non-hydrogen) atoms. The third-order valence-corrected chi connectivity index (χ3v) is 3.63. The van der Waals surface area contributed by atoms with Crippen LogP contribution >= 0.6 is 0 Å². The molecule has 4 nitrogen and oxygen atoms in total. The molecule has 2 aromatic rings. The number of rotatable bonds is 5. The molecule has 0 aromatic heterocycles. The summed E-state index contributed by atoms with van der Waals surface area (Å²) >= 11 is 0. The first-order valence-corrected chi connectivity index (χ1v) is 7.44. The van der Waals surface area contributed by atoms with Crippen molar-refractivity contribution in [3.05, 3.63) is 53.8 Å². The second kappa shape index (κ2) is 7.01. The lowest BCUT2D eigenvalue weighted by atomic mass is 9.97. The first-order valence-electron chi connectivity index (χ1n) is 7.44. The number of fused-ring (bicyclic) bond motifs is 1. The summed E-state index contributed by atoms with van der Waals surface area (Å²) in [6.07, 6.45) is 0.463. The molecule has 0 spiro atoms. The summed E-state index contributed by atoms with van der Waals surface area (Å²) in [4.78, 5) is 0. The van der Waals surface area contributed by atoms with Crippen molar-refractivity contribution in [2.75, 3.05) is 19.8 Å². The largest absolute Gasteiger partial charge is 0.490 e. The zero-order valence-electron chi connectivity index (χ0n) is 12.5. The van der Waals surface area contributed by atoms with Crippen LogP contribution in [0.2, 0.25) is 0 Å². The highest BCUT2D eigenvalue weighted by Crippen LogP contribution is 2.33. The lowest BCUT2D eigenvalue weighted by Crippen LogP contribution is -2.15. The van der Waals surface area contributed by atoms with Crippen molar-refractivity contribution in [3.63, 3.8) is 0 Å². The Bertz CT molecular complexity index is 726. The Morgan fingerprint density at radius 2 is 1.91 bits per heavy atom. The number of ether oxygens (including phenoxy) is 3. The van der Waals surface area contributed by atoms with Gasteiger partial charge in [-0.2, -0.15) is 5.26 Å². The molecule has 1 aliphatic heterocycles. The first kappa shape index (κ1) is 15.2. The number of hydrogen-bond acceptors (Lipinski definition) is 4. The molecule has 0 radical (unpaired) electrons. The van der Waals surface area contributed by atoms with Gasteiger partial charge in [-0.3, -0.25) is 0 Å². The lowest BCUT2D eigenvalue weighted by Gasteiger charge is -2.20. The molecular weight excluding hydrogens is 297 g/mol. The summed E-state index contributed by atoms with van der Waals surface area (Å²) < 4.78 is 29.9. The van der Waals surface area contributed by atoms with Gasteiger partial charge in [-0.15, -0.1) is 0 Å². The minimum Gasteiger partial charge on any atom is -0.490 e. The van der Waals surface area contributed by atoms with E-state index >= 15 is 0 Å². The number of benzene rings is 2. The Hall–Kier alpha value is -2.74. The van der Waals surface area contributed by atoms with Crippen LogP contribution in [0.4, 0.5) is 4.39 Å². The summed E-state index contributed by atoms with van der Waals surface area (Å²) in [6.45, 7) is 1.29. The lowest BCUT2D eigenvalue weighted by molar-refractivity contribution is 0.171. The normalized spacial score (nSPS) is 13.9. The minimum absolute atomic E-state index is 0.200. The van der Waals surface area contributed by atoms with E-state index in [0.29, 0.717) is 31.1 Å². The van der Waals surface area contributed by atoms with Crippen LogP contribution in [0.1, 0.15) is 17.9 Å². The van der Waals surface area contributed by atoms with E-state index in [2.05, 4.69) is 6.07 Å². The zero-order chi connectivity index (χ0) is 16.1. The highest BCUT2D eigenvalue weighted by Gasteiger charge is 2.17. The van der Waals surface area contributed by atoms with E-state index in [0.717, 1.165) is 5.56 Å². The second-order valence-corrected chi connectivity index (χ2v) is 5.15. The first-order chi connectivity index (χ1) is 11.3. The molecule has 0 saturated carbocycles. The van der Waals surface area contributed by atoms with E-state index in [1.165, 1.54) is 6.07 Å². The van der Waals surface area contributed by atoms with E-state index in [1.54, 1.807) is 18.2 Å². The van der Waals surface area contributed by atoms with Crippen LogP contribution in [-0.2, 0) is 0 Å². The molecule has 1 aliphatic rings. The molecule has 0 N–H and O–H groups in total. The molecule has 0 amide bonds. The summed E-state index contributed by atoms with van der Waals surface area (Å²) in [5.41, 5.74) is 0.842. The van der Waals surface area contributed by atoms with Gasteiger partial charge in [0.1, 0.15) is 13.2 Å². The summed E-state index contributed by atoms with van der Waals surface area (Å²) in [5, 5.41) is 9.38. The fraction of sp³-hybridized carbons (Fsp3) is 0.278. The topological polar surface area (TPSA) is 51.5 Å². The van der Waals surface area contributed by atoms with Crippen molar-refractivity contribution in [2.24, 2.45) is 0 Å². The van der Waals surface area contributed by atoms with Gasteiger partial charge in [0.05, 0.1) is 18.6 Å². The molecule has 0 bridgehead atoms. The standard InChI is InChI=1S/C18H16FNO3/c19-15-3-1-2-4-16(15)21-8-7-14(12-20)13-5-6-17-18(11-13)23-10-9-22-17/h1-6,11,14H,7-10H2. The van der Waals surface area contributed by atoms with Crippen molar-refractivity contribution in [1.29, 1.82) is 5.26 Å². The van der Waals surface area contributed by atoms with Crippen LogP contribution in [0.15, 0.2) is 42.5 Å². The van der Waals surface area contributed by atoms with E-state index in [-0.39, 0.29) is 18.3 Å². The third kappa shape index (κ3) is 3.54. The van der Waals surface area contributed by atoms with Crippen molar-refractivity contribution in [1.82, 2.24) is 0 Å². The molecule has 0 aliphatic carbocycles. The van der Waals surface area contributed by atoms with E-state index < -0.39 is 5.82 Å². The summed E-state index contributed by atoms with van der Waals surface area (Å²) in [6, 6.07) is 14.0. The maximum atomic E-state index is 13.5. The van der Waals surface area contributed by atoms with Crippen LogP contribution < -0.4 is 14.2 Å². The van der Waals surface area contributed by atoms with Gasteiger partial charge in [0.25, 0.3) is 0 Å². The summed E-state index contributed by atoms with van der Waals surface area (Å²) in [7, 11) is 0. The average molecular weight is 313 g/mol. The molecule has 0 fully saturated rings. The quantitative estimate of drug-likeness (QED) is 0.845. The van der Waals surface area contributed by atoms with Gasteiger partial charge < -0.3 is 14.2 Å². The van der Waals surface area contributed by atoms with Gasteiger partial charge >= 0.3 is 0 Å². The smallest absolute Gasteiger partial charge is 0.165 e. The van der Waals surface area contributed by atoms with Crippen molar-refractivity contribution in [2.45, 2.75) is 12.3 Å². The molecule has 0 saturated heterocycles.